The number of fused-ring (bicyclic) bond motifs is 2. The molecule has 0 radical (unpaired) electrons. The van der Waals surface area contributed by atoms with Crippen molar-refractivity contribution in [3.05, 3.63) is 90.3 Å². The van der Waals surface area contributed by atoms with Crippen LogP contribution in [-0.4, -0.2) is 186 Å². The number of nitrogens with two attached hydrogens (primary N) is 5. The van der Waals surface area contributed by atoms with E-state index in [1.165, 1.54) is 26.4 Å². The lowest BCUT2D eigenvalue weighted by Gasteiger charge is -2.26. The second-order valence-electron chi connectivity index (χ2n) is 21.2. The summed E-state index contributed by atoms with van der Waals surface area (Å²) >= 11 is 4.14. The number of benzene rings is 2. The maximum atomic E-state index is 14.2. The zero-order valence-corrected chi connectivity index (χ0v) is 50.3. The third-order valence-corrected chi connectivity index (χ3v) is 14.5. The molecule has 0 spiro atoms. The number of nitrogens with zero attached hydrogens (tertiary/aromatic N) is 3. The number of carboxylic acid groups (broad SMARTS) is 1. The Kier molecular flexibility index (Phi) is 26.6. The number of carboxylic acids is 1. The number of aliphatic hydroxyl groups excluding tert-OH is 1. The summed E-state index contributed by atoms with van der Waals surface area (Å²) in [6, 6.07) is 0.780. The van der Waals surface area contributed by atoms with Crippen LogP contribution in [0.2, 0.25) is 0 Å². The molecule has 5 aromatic rings. The van der Waals surface area contributed by atoms with Gasteiger partial charge in [-0.25, -0.2) is 4.98 Å². The van der Waals surface area contributed by atoms with Crippen molar-refractivity contribution in [2.75, 3.05) is 18.8 Å². The number of hydrogen-bond acceptors (Lipinski definition) is 17. The monoisotopic (exact) mass is 1270 g/mol. The van der Waals surface area contributed by atoms with Gasteiger partial charge in [0, 0.05) is 84.7 Å². The third kappa shape index (κ3) is 21.4. The van der Waals surface area contributed by atoms with Gasteiger partial charge in [0.05, 0.1) is 31.4 Å². The van der Waals surface area contributed by atoms with Crippen LogP contribution < -0.4 is 76.5 Å². The summed E-state index contributed by atoms with van der Waals surface area (Å²) in [6.45, 7) is 1.64. The summed E-state index contributed by atoms with van der Waals surface area (Å²) in [6.07, 6.45) is 2.26. The minimum Gasteiger partial charge on any atom is -0.481 e. The molecule has 23 N–H and O–H groups in total. The van der Waals surface area contributed by atoms with Gasteiger partial charge in [-0.2, -0.15) is 12.6 Å². The molecule has 3 aromatic heterocycles. The van der Waals surface area contributed by atoms with Gasteiger partial charge in [0.2, 0.25) is 65.0 Å². The van der Waals surface area contributed by atoms with Crippen molar-refractivity contribution < 1.29 is 67.7 Å². The van der Waals surface area contributed by atoms with Gasteiger partial charge in [0.25, 0.3) is 0 Å². The molecule has 10 atom stereocenters. The number of primary amides is 2. The molecule has 0 saturated carbocycles. The molecule has 5 rings (SSSR count). The minimum absolute atomic E-state index is 0.00232. The number of rotatable bonds is 36. The number of amides is 11. The summed E-state index contributed by atoms with van der Waals surface area (Å²) < 4.78 is 1.85. The number of hydrogen-bond donors (Lipinski definition) is 19. The SMILES string of the molecule is C[C@H](NC(=O)CNC(=O)[C@H](Cc1c[nH]c2ccccc12)NC(=O)[C@H](CC(=O)O)NC(=O)[C@H](CCC(N)=O)NC(=O)[C@@H](N)Cc1cn(C)c2ccccc12)C(=O)N[C@@H](Cc1cnc[nH]1)C(=O)N[C@@H](CCCN=C(N)N)C(=O)N[C@@H](CS)C(=O)N[C@H](C(N)=O)[C@@H](C)O. The normalized spacial score (nSPS) is 14.5. The van der Waals surface area contributed by atoms with Crippen molar-refractivity contribution in [3.8, 4) is 0 Å². The van der Waals surface area contributed by atoms with Crippen molar-refractivity contribution in [3.63, 3.8) is 0 Å². The molecular weight excluding hydrogens is 1190 g/mol. The van der Waals surface area contributed by atoms with Crippen molar-refractivity contribution in [2.45, 2.75) is 126 Å². The van der Waals surface area contributed by atoms with Gasteiger partial charge in [-0.15, -0.1) is 0 Å². The average Bonchev–Trinajstić information content (AvgIpc) is 1.77. The number of imidazole rings is 1. The molecule has 0 saturated heterocycles. The summed E-state index contributed by atoms with van der Waals surface area (Å²) in [4.78, 5) is 174. The van der Waals surface area contributed by atoms with Crippen LogP contribution in [0.3, 0.4) is 0 Å². The number of guanidine groups is 1. The van der Waals surface area contributed by atoms with Crippen molar-refractivity contribution >= 4 is 111 Å². The van der Waals surface area contributed by atoms with E-state index >= 15 is 0 Å². The lowest BCUT2D eigenvalue weighted by atomic mass is 10.0. The van der Waals surface area contributed by atoms with E-state index in [4.69, 9.17) is 28.7 Å². The molecule has 0 bridgehead atoms. The first-order valence-electron chi connectivity index (χ1n) is 28.3. The van der Waals surface area contributed by atoms with Gasteiger partial charge in [-0.3, -0.25) is 62.5 Å². The molecule has 0 aliphatic heterocycles. The first-order valence-corrected chi connectivity index (χ1v) is 28.9. The van der Waals surface area contributed by atoms with E-state index in [1.54, 1.807) is 36.7 Å². The molecule has 0 unspecified atom stereocenters. The summed E-state index contributed by atoms with van der Waals surface area (Å²) in [5.74, 6) is -12.8. The van der Waals surface area contributed by atoms with Crippen LogP contribution in [0.5, 0.6) is 0 Å². The van der Waals surface area contributed by atoms with Crippen molar-refractivity contribution in [1.82, 2.24) is 67.4 Å². The fraction of sp³-hybridized carbons (Fsp3) is 0.429. The Hall–Kier alpha value is -10.1. The van der Waals surface area contributed by atoms with Gasteiger partial charge in [0.1, 0.15) is 48.3 Å². The molecule has 11 amide bonds. The molecule has 486 valence electrons. The smallest absolute Gasteiger partial charge is 0.305 e. The molecule has 0 fully saturated rings. The maximum Gasteiger partial charge on any atom is 0.305 e. The zero-order valence-electron chi connectivity index (χ0n) is 49.4. The summed E-state index contributed by atoms with van der Waals surface area (Å²) in [5, 5.41) is 43.2. The fourth-order valence-corrected chi connectivity index (χ4v) is 9.63. The Morgan fingerprint density at radius 2 is 1.23 bits per heavy atom. The van der Waals surface area contributed by atoms with E-state index in [9.17, 15) is 67.7 Å². The summed E-state index contributed by atoms with van der Waals surface area (Å²) in [5.41, 5.74) is 31.0. The maximum absolute atomic E-state index is 14.2. The van der Waals surface area contributed by atoms with Crippen LogP contribution in [0.25, 0.3) is 21.8 Å². The fourth-order valence-electron chi connectivity index (χ4n) is 9.38. The highest BCUT2D eigenvalue weighted by molar-refractivity contribution is 7.80. The van der Waals surface area contributed by atoms with E-state index in [0.29, 0.717) is 22.2 Å². The van der Waals surface area contributed by atoms with E-state index in [1.807, 2.05) is 35.9 Å². The summed E-state index contributed by atoms with van der Waals surface area (Å²) in [7, 11) is 1.82. The molecule has 0 aliphatic carbocycles. The van der Waals surface area contributed by atoms with E-state index in [2.05, 4.69) is 80.4 Å². The van der Waals surface area contributed by atoms with E-state index in [0.717, 1.165) is 16.5 Å². The third-order valence-electron chi connectivity index (χ3n) is 14.1. The van der Waals surface area contributed by atoms with E-state index in [-0.39, 0.29) is 56.8 Å². The quantitative estimate of drug-likeness (QED) is 0.00769. The topological polar surface area (TPSA) is 545 Å². The van der Waals surface area contributed by atoms with Crippen LogP contribution in [-0.2, 0) is 83.8 Å². The highest BCUT2D eigenvalue weighted by atomic mass is 32.1. The number of aliphatic imine (C=N–C) groups is 1. The number of carbonyl (C=O) groups excluding carboxylic acids is 11. The number of thiol groups is 1. The Bertz CT molecular complexity index is 3420. The van der Waals surface area contributed by atoms with Gasteiger partial charge >= 0.3 is 5.97 Å². The molecule has 34 heteroatoms. The number of para-hydroxylation sites is 2. The zero-order chi connectivity index (χ0) is 66.4. The van der Waals surface area contributed by atoms with E-state index < -0.39 is 151 Å². The highest BCUT2D eigenvalue weighted by Crippen LogP contribution is 2.22. The van der Waals surface area contributed by atoms with Crippen LogP contribution in [0.1, 0.15) is 62.8 Å². The molecule has 2 aromatic carbocycles. The van der Waals surface area contributed by atoms with Gasteiger partial charge < -0.3 is 101 Å². The average molecular weight is 1270 g/mol. The number of aromatic nitrogens is 4. The van der Waals surface area contributed by atoms with Crippen LogP contribution >= 0.6 is 12.6 Å². The minimum atomic E-state index is -1.91. The lowest BCUT2D eigenvalue weighted by Crippen LogP contribution is -2.60. The number of aromatic amines is 2. The standard InChI is InChI=1S/C56H77N19O14S/c1-27(48(82)70-39(19-31-22-62-26-66-31)53(87)69-36(12-8-16-63-56(60)61)51(85)73-41(25-90)55(89)74-46(28(2)76)47(59)81)67-44(78)23-65-50(84)38(18-29-21-64-35-11-6-4-9-32(29)35)71-54(88)40(20-45(79)80)72-52(86)37(14-15-43(58)77)68-49(83)34(57)17-30-24-75(3)42-13-7-5-10-33(30)42/h4-7,9-11,13,21-22,24,26-28,34,36-41,46,64,76,90H,8,12,14-20,23,25,57H2,1-3H3,(H2,58,77)(H2,59,81)(H,62,66)(H,65,84)(H,67,78)(H,68,83)(H,69,87)(H,70,82)(H,71,88)(H,72,86)(H,73,85)(H,74,89)(H,79,80)(H4,60,61,63)/t27-,28+,34-,36-,37-,38-,39-,40-,41-,46-/m0/s1. The predicted octanol–water partition coefficient (Wildman–Crippen LogP) is -5.66. The Morgan fingerprint density at radius 3 is 1.87 bits per heavy atom. The second-order valence-corrected chi connectivity index (χ2v) is 21.5. The van der Waals surface area contributed by atoms with Crippen LogP contribution in [0.15, 0.2) is 78.4 Å². The number of aliphatic hydroxyl groups is 1. The van der Waals surface area contributed by atoms with Gasteiger partial charge in [-0.05, 0) is 62.8 Å². The molecule has 90 heavy (non-hydrogen) atoms. The number of carbonyl (C=O) groups is 12. The van der Waals surface area contributed by atoms with Crippen LogP contribution in [0.4, 0.5) is 0 Å². The number of nitrogens with one attached hydrogen (secondary N) is 11. The Labute approximate surface area is 520 Å². The largest absolute Gasteiger partial charge is 0.481 e. The molecule has 33 nitrogen and oxygen atoms in total. The van der Waals surface area contributed by atoms with Gasteiger partial charge in [0.15, 0.2) is 5.96 Å². The first kappa shape index (κ1) is 70.7. The Morgan fingerprint density at radius 1 is 0.656 bits per heavy atom. The first-order chi connectivity index (χ1) is 42.6. The predicted molar refractivity (Wildman–Crippen MR) is 328 cm³/mol. The number of aliphatic carboxylic acids is 1. The van der Waals surface area contributed by atoms with Crippen molar-refractivity contribution in [1.29, 1.82) is 0 Å². The molecular formula is C56H77N19O14S. The number of H-pyrrole nitrogens is 2. The Balaban J connectivity index is 1.29. The molecule has 3 heterocycles. The van der Waals surface area contributed by atoms with Gasteiger partial charge in [-0.1, -0.05) is 36.4 Å². The lowest BCUT2D eigenvalue weighted by molar-refractivity contribution is -0.141. The highest BCUT2D eigenvalue weighted by Gasteiger charge is 2.35. The van der Waals surface area contributed by atoms with Crippen molar-refractivity contribution in [2.24, 2.45) is 40.7 Å². The molecule has 0 aliphatic rings. The van der Waals surface area contributed by atoms with Crippen LogP contribution in [0, 0.1) is 0 Å². The number of aryl methyl sites for hydroxylation is 1. The second kappa shape index (κ2) is 33.9.